The molecule has 1 unspecified atom stereocenters. The number of carbonyl (C=O) groups is 1. The number of ether oxygens (including phenoxy) is 1. The van der Waals surface area contributed by atoms with E-state index in [0.717, 1.165) is 22.6 Å². The van der Waals surface area contributed by atoms with Gasteiger partial charge in [0, 0.05) is 18.3 Å². The molecule has 0 bridgehead atoms. The number of rotatable bonds is 4. The van der Waals surface area contributed by atoms with Crippen LogP contribution in [0.4, 0.5) is 5.69 Å². The van der Waals surface area contributed by atoms with E-state index >= 15 is 0 Å². The lowest BCUT2D eigenvalue weighted by molar-refractivity contribution is -0.117. The highest BCUT2D eigenvalue weighted by Gasteiger charge is 2.28. The summed E-state index contributed by atoms with van der Waals surface area (Å²) in [5.41, 5.74) is 9.28. The normalized spacial score (nSPS) is 15.0. The smallest absolute Gasteiger partial charge is 0.231 e. The minimum atomic E-state index is -0.241. The number of amides is 1. The Morgan fingerprint density at radius 3 is 2.86 bits per heavy atom. The SMILES string of the molecule is COc1cccc(C(N)CN2C(=O)Cc3ccccc32)c1. The topological polar surface area (TPSA) is 55.6 Å². The molecule has 0 fully saturated rings. The fourth-order valence-corrected chi connectivity index (χ4v) is 2.69. The van der Waals surface area contributed by atoms with E-state index in [0.29, 0.717) is 13.0 Å². The number of hydrogen-bond acceptors (Lipinski definition) is 3. The number of anilines is 1. The van der Waals surface area contributed by atoms with Gasteiger partial charge >= 0.3 is 0 Å². The minimum absolute atomic E-state index is 0.106. The molecule has 2 aromatic rings. The van der Waals surface area contributed by atoms with Crippen molar-refractivity contribution in [3.8, 4) is 5.75 Å². The van der Waals surface area contributed by atoms with Gasteiger partial charge in [-0.3, -0.25) is 4.79 Å². The number of carbonyl (C=O) groups excluding carboxylic acids is 1. The standard InChI is InChI=1S/C17H18N2O2/c1-21-14-7-4-6-12(9-14)15(18)11-19-16-8-3-2-5-13(16)10-17(19)20/h2-9,15H,10-11,18H2,1H3. The molecule has 1 amide bonds. The predicted octanol–water partition coefficient (Wildman–Crippen LogP) is 2.28. The Morgan fingerprint density at radius 2 is 2.05 bits per heavy atom. The summed E-state index contributed by atoms with van der Waals surface area (Å²) in [6, 6.07) is 15.3. The van der Waals surface area contributed by atoms with Crippen LogP contribution in [0.3, 0.4) is 0 Å². The van der Waals surface area contributed by atoms with Gasteiger partial charge in [0.05, 0.1) is 13.5 Å². The lowest BCUT2D eigenvalue weighted by Crippen LogP contribution is -2.34. The molecule has 1 atom stereocenters. The number of nitrogens with zero attached hydrogens (tertiary/aromatic N) is 1. The number of hydrogen-bond donors (Lipinski definition) is 1. The van der Waals surface area contributed by atoms with Crippen molar-refractivity contribution in [3.05, 3.63) is 59.7 Å². The maximum Gasteiger partial charge on any atom is 0.231 e. The summed E-state index contributed by atoms with van der Waals surface area (Å²) >= 11 is 0. The third-order valence-electron chi connectivity index (χ3n) is 3.83. The molecule has 3 rings (SSSR count). The van der Waals surface area contributed by atoms with E-state index in [4.69, 9.17) is 10.5 Å². The Labute approximate surface area is 124 Å². The number of para-hydroxylation sites is 1. The Balaban J connectivity index is 1.81. The Bertz CT molecular complexity index is 669. The van der Waals surface area contributed by atoms with Gasteiger partial charge in [0.15, 0.2) is 0 Å². The van der Waals surface area contributed by atoms with Crippen molar-refractivity contribution in [2.45, 2.75) is 12.5 Å². The fourth-order valence-electron chi connectivity index (χ4n) is 2.69. The molecule has 4 heteroatoms. The monoisotopic (exact) mass is 282 g/mol. The van der Waals surface area contributed by atoms with E-state index in [1.165, 1.54) is 0 Å². The van der Waals surface area contributed by atoms with Gasteiger partial charge in [-0.05, 0) is 29.3 Å². The van der Waals surface area contributed by atoms with Crippen LogP contribution in [0.1, 0.15) is 17.2 Å². The third-order valence-corrected chi connectivity index (χ3v) is 3.83. The molecule has 1 aliphatic heterocycles. The molecule has 0 aliphatic carbocycles. The first-order chi connectivity index (χ1) is 10.2. The van der Waals surface area contributed by atoms with Crippen LogP contribution in [-0.2, 0) is 11.2 Å². The number of fused-ring (bicyclic) bond motifs is 1. The van der Waals surface area contributed by atoms with Gasteiger partial charge in [-0.25, -0.2) is 0 Å². The third kappa shape index (κ3) is 2.62. The van der Waals surface area contributed by atoms with E-state index in [1.807, 2.05) is 48.5 Å². The highest BCUT2D eigenvalue weighted by molar-refractivity contribution is 6.01. The molecule has 1 aliphatic rings. The van der Waals surface area contributed by atoms with Gasteiger partial charge in [0.2, 0.25) is 5.91 Å². The summed E-state index contributed by atoms with van der Waals surface area (Å²) in [4.78, 5) is 13.9. The van der Waals surface area contributed by atoms with Crippen molar-refractivity contribution in [1.82, 2.24) is 0 Å². The van der Waals surface area contributed by atoms with Gasteiger partial charge in [-0.1, -0.05) is 30.3 Å². The second-order valence-electron chi connectivity index (χ2n) is 5.19. The van der Waals surface area contributed by atoms with Crippen molar-refractivity contribution in [2.75, 3.05) is 18.6 Å². The van der Waals surface area contributed by atoms with E-state index in [-0.39, 0.29) is 11.9 Å². The zero-order chi connectivity index (χ0) is 14.8. The summed E-state index contributed by atoms with van der Waals surface area (Å²) in [6.45, 7) is 0.475. The van der Waals surface area contributed by atoms with Gasteiger partial charge in [-0.2, -0.15) is 0 Å². The van der Waals surface area contributed by atoms with Crippen LogP contribution in [0.15, 0.2) is 48.5 Å². The van der Waals surface area contributed by atoms with Crippen LogP contribution in [0.2, 0.25) is 0 Å². The highest BCUT2D eigenvalue weighted by atomic mass is 16.5. The number of methoxy groups -OCH3 is 1. The number of nitrogens with two attached hydrogens (primary N) is 1. The fraction of sp³-hybridized carbons (Fsp3) is 0.235. The average Bonchev–Trinajstić information content (AvgIpc) is 2.83. The van der Waals surface area contributed by atoms with Crippen molar-refractivity contribution in [3.63, 3.8) is 0 Å². The van der Waals surface area contributed by atoms with Crippen LogP contribution in [0.25, 0.3) is 0 Å². The van der Waals surface area contributed by atoms with Crippen molar-refractivity contribution in [2.24, 2.45) is 5.73 Å². The van der Waals surface area contributed by atoms with Crippen molar-refractivity contribution < 1.29 is 9.53 Å². The molecule has 0 aromatic heterocycles. The van der Waals surface area contributed by atoms with E-state index < -0.39 is 0 Å². The Hall–Kier alpha value is -2.33. The maximum absolute atomic E-state index is 12.2. The molecular formula is C17H18N2O2. The number of benzene rings is 2. The average molecular weight is 282 g/mol. The van der Waals surface area contributed by atoms with Crippen LogP contribution < -0.4 is 15.4 Å². The lowest BCUT2D eigenvalue weighted by Gasteiger charge is -2.22. The summed E-state index contributed by atoms with van der Waals surface area (Å²) in [7, 11) is 1.63. The highest BCUT2D eigenvalue weighted by Crippen LogP contribution is 2.30. The summed E-state index contributed by atoms with van der Waals surface area (Å²) in [5.74, 6) is 0.880. The van der Waals surface area contributed by atoms with Crippen LogP contribution in [0, 0.1) is 0 Å². The zero-order valence-electron chi connectivity index (χ0n) is 12.0. The van der Waals surface area contributed by atoms with E-state index in [2.05, 4.69) is 0 Å². The molecule has 108 valence electrons. The Morgan fingerprint density at radius 1 is 1.24 bits per heavy atom. The first kappa shape index (κ1) is 13.6. The molecule has 2 aromatic carbocycles. The minimum Gasteiger partial charge on any atom is -0.497 e. The van der Waals surface area contributed by atoms with Gasteiger partial charge < -0.3 is 15.4 Å². The first-order valence-electron chi connectivity index (χ1n) is 6.97. The Kier molecular flexibility index (Phi) is 3.62. The molecule has 21 heavy (non-hydrogen) atoms. The molecule has 1 heterocycles. The summed E-state index contributed by atoms with van der Waals surface area (Å²) < 4.78 is 5.22. The zero-order valence-corrected chi connectivity index (χ0v) is 12.0. The molecule has 4 nitrogen and oxygen atoms in total. The van der Waals surface area contributed by atoms with Gasteiger partial charge in [0.25, 0.3) is 0 Å². The molecule has 0 radical (unpaired) electrons. The first-order valence-corrected chi connectivity index (χ1v) is 6.97. The van der Waals surface area contributed by atoms with Crippen molar-refractivity contribution in [1.29, 1.82) is 0 Å². The van der Waals surface area contributed by atoms with Crippen molar-refractivity contribution >= 4 is 11.6 Å². The molecule has 0 spiro atoms. The second kappa shape index (κ2) is 5.58. The molecule has 0 saturated carbocycles. The molecule has 0 saturated heterocycles. The van der Waals surface area contributed by atoms with Gasteiger partial charge in [0.1, 0.15) is 5.75 Å². The van der Waals surface area contributed by atoms with Crippen LogP contribution in [-0.4, -0.2) is 19.6 Å². The van der Waals surface area contributed by atoms with Crippen LogP contribution >= 0.6 is 0 Å². The van der Waals surface area contributed by atoms with E-state index in [1.54, 1.807) is 12.0 Å². The van der Waals surface area contributed by atoms with E-state index in [9.17, 15) is 4.79 Å². The lowest BCUT2D eigenvalue weighted by atomic mass is 10.1. The predicted molar refractivity (Wildman–Crippen MR) is 82.4 cm³/mol. The molecular weight excluding hydrogens is 264 g/mol. The van der Waals surface area contributed by atoms with Gasteiger partial charge in [-0.15, -0.1) is 0 Å². The summed E-state index contributed by atoms with van der Waals surface area (Å²) in [6.07, 6.45) is 0.459. The largest absolute Gasteiger partial charge is 0.497 e. The summed E-state index contributed by atoms with van der Waals surface area (Å²) in [5, 5.41) is 0. The molecule has 2 N–H and O–H groups in total. The quantitative estimate of drug-likeness (QED) is 0.936. The maximum atomic E-state index is 12.2. The van der Waals surface area contributed by atoms with Crippen LogP contribution in [0.5, 0.6) is 5.75 Å². The second-order valence-corrected chi connectivity index (χ2v) is 5.19.